The third-order valence-corrected chi connectivity index (χ3v) is 8.41. The number of pyridine rings is 1. The van der Waals surface area contributed by atoms with Crippen LogP contribution in [-0.4, -0.2) is 70.1 Å². The highest BCUT2D eigenvalue weighted by Crippen LogP contribution is 2.44. The van der Waals surface area contributed by atoms with Gasteiger partial charge in [-0.3, -0.25) is 0 Å². The summed E-state index contributed by atoms with van der Waals surface area (Å²) in [6.07, 6.45) is 4.68. The third kappa shape index (κ3) is 4.77. The van der Waals surface area contributed by atoms with E-state index in [-0.39, 0.29) is 29.6 Å². The molecule has 4 heterocycles. The molecule has 40 heavy (non-hydrogen) atoms. The van der Waals surface area contributed by atoms with Gasteiger partial charge in [0.2, 0.25) is 0 Å². The fourth-order valence-corrected chi connectivity index (χ4v) is 6.26. The number of methoxy groups -OCH3 is 1. The van der Waals surface area contributed by atoms with Gasteiger partial charge in [-0.25, -0.2) is 23.6 Å². The van der Waals surface area contributed by atoms with Crippen LogP contribution in [0, 0.1) is 11.7 Å². The van der Waals surface area contributed by atoms with E-state index in [1.165, 1.54) is 19.2 Å². The van der Waals surface area contributed by atoms with Crippen molar-refractivity contribution in [1.29, 1.82) is 0 Å². The number of esters is 1. The molecule has 0 spiro atoms. The van der Waals surface area contributed by atoms with E-state index in [0.29, 0.717) is 30.3 Å². The lowest BCUT2D eigenvalue weighted by Crippen LogP contribution is -2.48. The maximum absolute atomic E-state index is 13.8. The van der Waals surface area contributed by atoms with Crippen molar-refractivity contribution in [2.75, 3.05) is 31.6 Å². The molecule has 3 aromatic rings. The fraction of sp³-hybridized carbons (Fsp3) is 0.533. The highest BCUT2D eigenvalue weighted by Gasteiger charge is 2.43. The van der Waals surface area contributed by atoms with E-state index in [9.17, 15) is 14.0 Å². The quantitative estimate of drug-likeness (QED) is 0.400. The van der Waals surface area contributed by atoms with Gasteiger partial charge < -0.3 is 19.3 Å². The standard InChI is InChI=1S/C30H36FN5O4/c1-30(2,3)40-29(38)35-15-12-19-17-34(14-13-23(19)35)24-16-22(28(37)39-4)32-27-25(24)26(18-6-5-7-18)33-36(27)21-10-8-20(31)9-11-21/h8-11,16,18-19,23H,5-7,12-15,17H2,1-4H3. The molecule has 2 atom stereocenters. The predicted molar refractivity (Wildman–Crippen MR) is 148 cm³/mol. The number of piperidine rings is 1. The average Bonchev–Trinajstić information content (AvgIpc) is 3.48. The SMILES string of the molecule is COC(=O)c1cc(N2CCC3C(CCN3C(=O)OC(C)(C)C)C2)c2c(C3CCC3)nn(-c3ccc(F)cc3)c2n1. The smallest absolute Gasteiger partial charge is 0.410 e. The minimum atomic E-state index is -0.536. The lowest BCUT2D eigenvalue weighted by Gasteiger charge is -2.39. The van der Waals surface area contributed by atoms with E-state index in [1.807, 2.05) is 31.7 Å². The molecule has 10 heteroatoms. The Morgan fingerprint density at radius 3 is 2.45 bits per heavy atom. The van der Waals surface area contributed by atoms with E-state index in [1.54, 1.807) is 16.8 Å². The normalized spacial score (nSPS) is 21.3. The number of hydrogen-bond acceptors (Lipinski definition) is 7. The molecule has 9 nitrogen and oxygen atoms in total. The lowest BCUT2D eigenvalue weighted by molar-refractivity contribution is 0.0194. The fourth-order valence-electron chi connectivity index (χ4n) is 6.26. The first-order chi connectivity index (χ1) is 19.1. The molecule has 3 fully saturated rings. The van der Waals surface area contributed by atoms with Crippen molar-refractivity contribution in [2.24, 2.45) is 5.92 Å². The Bertz CT molecular complexity index is 1440. The van der Waals surface area contributed by atoms with Gasteiger partial charge in [-0.05, 0) is 82.7 Å². The molecule has 2 aliphatic heterocycles. The summed E-state index contributed by atoms with van der Waals surface area (Å²) in [6.45, 7) is 7.80. The first kappa shape index (κ1) is 26.5. The zero-order chi connectivity index (χ0) is 28.2. The average molecular weight is 550 g/mol. The first-order valence-corrected chi connectivity index (χ1v) is 14.2. The molecular formula is C30H36FN5O4. The number of likely N-dealkylation sites (tertiary alicyclic amines) is 1. The number of aromatic nitrogens is 3. The number of anilines is 1. The van der Waals surface area contributed by atoms with Crippen molar-refractivity contribution < 1.29 is 23.5 Å². The zero-order valence-corrected chi connectivity index (χ0v) is 23.5. The number of hydrogen-bond donors (Lipinski definition) is 0. The summed E-state index contributed by atoms with van der Waals surface area (Å²) in [6, 6.07) is 8.10. The largest absolute Gasteiger partial charge is 0.464 e. The van der Waals surface area contributed by atoms with Gasteiger partial charge >= 0.3 is 12.1 Å². The van der Waals surface area contributed by atoms with Crippen LogP contribution in [0.15, 0.2) is 30.3 Å². The van der Waals surface area contributed by atoms with Gasteiger partial charge in [-0.2, -0.15) is 5.10 Å². The summed E-state index contributed by atoms with van der Waals surface area (Å²) in [5.41, 5.74) is 2.79. The number of benzene rings is 1. The van der Waals surface area contributed by atoms with Crippen molar-refractivity contribution in [1.82, 2.24) is 19.7 Å². The van der Waals surface area contributed by atoms with Gasteiger partial charge in [-0.15, -0.1) is 0 Å². The molecule has 3 aliphatic rings. The van der Waals surface area contributed by atoms with Crippen LogP contribution in [0.4, 0.5) is 14.9 Å². The predicted octanol–water partition coefficient (Wildman–Crippen LogP) is 5.45. The van der Waals surface area contributed by atoms with Crippen LogP contribution in [-0.2, 0) is 9.47 Å². The van der Waals surface area contributed by atoms with Crippen LogP contribution in [0.25, 0.3) is 16.7 Å². The summed E-state index contributed by atoms with van der Waals surface area (Å²) in [7, 11) is 1.35. The molecule has 2 unspecified atom stereocenters. The van der Waals surface area contributed by atoms with E-state index < -0.39 is 11.6 Å². The van der Waals surface area contributed by atoms with E-state index >= 15 is 0 Å². The van der Waals surface area contributed by atoms with Gasteiger partial charge in [0.15, 0.2) is 11.3 Å². The van der Waals surface area contributed by atoms with E-state index in [2.05, 4.69) is 4.90 Å². The second-order valence-electron chi connectivity index (χ2n) is 12.1. The molecule has 0 radical (unpaired) electrons. The zero-order valence-electron chi connectivity index (χ0n) is 23.5. The van der Waals surface area contributed by atoms with Gasteiger partial charge in [0.25, 0.3) is 0 Å². The molecule has 0 bridgehead atoms. The number of rotatable bonds is 4. The molecule has 6 rings (SSSR count). The van der Waals surface area contributed by atoms with Crippen molar-refractivity contribution in [3.63, 3.8) is 0 Å². The van der Waals surface area contributed by atoms with Gasteiger partial charge in [0.1, 0.15) is 11.4 Å². The molecule has 212 valence electrons. The lowest BCUT2D eigenvalue weighted by atomic mass is 9.81. The Hall–Kier alpha value is -3.69. The van der Waals surface area contributed by atoms with Gasteiger partial charge in [-0.1, -0.05) is 6.42 Å². The first-order valence-electron chi connectivity index (χ1n) is 14.2. The highest BCUT2D eigenvalue weighted by molar-refractivity contribution is 5.99. The van der Waals surface area contributed by atoms with Crippen LogP contribution >= 0.6 is 0 Å². The van der Waals surface area contributed by atoms with Crippen LogP contribution in [0.3, 0.4) is 0 Å². The van der Waals surface area contributed by atoms with Crippen molar-refractivity contribution in [2.45, 2.75) is 70.4 Å². The van der Waals surface area contributed by atoms with E-state index in [0.717, 1.165) is 55.4 Å². The van der Waals surface area contributed by atoms with E-state index in [4.69, 9.17) is 19.6 Å². The van der Waals surface area contributed by atoms with Crippen molar-refractivity contribution in [3.8, 4) is 5.69 Å². The summed E-state index contributed by atoms with van der Waals surface area (Å²) in [5.74, 6) is -0.263. The van der Waals surface area contributed by atoms with Crippen molar-refractivity contribution >= 4 is 28.8 Å². The number of fused-ring (bicyclic) bond motifs is 2. The minimum absolute atomic E-state index is 0.122. The van der Waals surface area contributed by atoms with Crippen molar-refractivity contribution in [3.05, 3.63) is 47.5 Å². The van der Waals surface area contributed by atoms with Gasteiger partial charge in [0, 0.05) is 31.6 Å². The monoisotopic (exact) mass is 549 g/mol. The summed E-state index contributed by atoms with van der Waals surface area (Å²) >= 11 is 0. The molecule has 2 saturated heterocycles. The molecule has 0 N–H and O–H groups in total. The Balaban J connectivity index is 1.41. The summed E-state index contributed by atoms with van der Waals surface area (Å²) in [4.78, 5) is 34.6. The Morgan fingerprint density at radius 1 is 1.05 bits per heavy atom. The summed E-state index contributed by atoms with van der Waals surface area (Å²) < 4.78 is 26.2. The Labute approximate surface area is 233 Å². The number of carbonyl (C=O) groups excluding carboxylic acids is 2. The number of amides is 1. The number of halogens is 1. The molecular weight excluding hydrogens is 513 g/mol. The van der Waals surface area contributed by atoms with Crippen LogP contribution < -0.4 is 4.90 Å². The summed E-state index contributed by atoms with van der Waals surface area (Å²) in [5, 5.41) is 5.94. The van der Waals surface area contributed by atoms with Crippen LogP contribution in [0.2, 0.25) is 0 Å². The maximum atomic E-state index is 13.8. The third-order valence-electron chi connectivity index (χ3n) is 8.41. The second kappa shape index (κ2) is 10.1. The molecule has 1 saturated carbocycles. The topological polar surface area (TPSA) is 89.8 Å². The molecule has 1 amide bonds. The number of nitrogens with zero attached hydrogens (tertiary/aromatic N) is 5. The Morgan fingerprint density at radius 2 is 1.80 bits per heavy atom. The highest BCUT2D eigenvalue weighted by atomic mass is 19.1. The second-order valence-corrected chi connectivity index (χ2v) is 12.1. The molecule has 1 aromatic carbocycles. The number of carbonyl (C=O) groups is 2. The van der Waals surface area contributed by atoms with Gasteiger partial charge in [0.05, 0.1) is 29.6 Å². The Kier molecular flexibility index (Phi) is 6.67. The number of ether oxygens (including phenoxy) is 2. The molecule has 1 aliphatic carbocycles. The van der Waals surface area contributed by atoms with Crippen LogP contribution in [0.1, 0.15) is 75.0 Å². The molecule has 2 aromatic heterocycles. The maximum Gasteiger partial charge on any atom is 0.410 e. The minimum Gasteiger partial charge on any atom is -0.464 e. The van der Waals surface area contributed by atoms with Crippen LogP contribution in [0.5, 0.6) is 0 Å².